The Morgan fingerprint density at radius 3 is 2.63 bits per heavy atom. The first-order valence-corrected chi connectivity index (χ1v) is 12.1. The molecule has 2 aromatic carbocycles. The van der Waals surface area contributed by atoms with E-state index in [0.717, 1.165) is 16.9 Å². The second-order valence-corrected chi connectivity index (χ2v) is 9.24. The first kappa shape index (κ1) is 23.1. The van der Waals surface area contributed by atoms with Crippen LogP contribution in [-0.2, 0) is 0 Å². The average molecular weight is 522 g/mol. The van der Waals surface area contributed by atoms with Gasteiger partial charge in [-0.2, -0.15) is 9.50 Å². The zero-order chi connectivity index (χ0) is 24.4. The molecular weight excluding hydrogens is 505 g/mol. The minimum atomic E-state index is -0.256. The van der Waals surface area contributed by atoms with Crippen LogP contribution in [-0.4, -0.2) is 21.2 Å². The summed E-state index contributed by atoms with van der Waals surface area (Å²) in [4.78, 5) is 17.8. The molecule has 3 heterocycles. The van der Waals surface area contributed by atoms with Crippen LogP contribution in [0.2, 0.25) is 10.0 Å². The lowest BCUT2D eigenvalue weighted by Gasteiger charge is -2.02. The molecular formula is C26H17Cl2N3O3S. The van der Waals surface area contributed by atoms with Crippen molar-refractivity contribution < 1.29 is 9.15 Å². The van der Waals surface area contributed by atoms with E-state index in [2.05, 4.69) is 16.7 Å². The molecule has 0 aliphatic carbocycles. The van der Waals surface area contributed by atoms with Crippen molar-refractivity contribution in [3.8, 4) is 17.1 Å². The molecule has 5 rings (SSSR count). The van der Waals surface area contributed by atoms with Gasteiger partial charge in [0.15, 0.2) is 5.82 Å². The van der Waals surface area contributed by atoms with Crippen LogP contribution >= 0.6 is 34.5 Å². The van der Waals surface area contributed by atoms with E-state index >= 15 is 0 Å². The summed E-state index contributed by atoms with van der Waals surface area (Å²) in [5.74, 6) is 2.37. The molecule has 0 amide bonds. The van der Waals surface area contributed by atoms with Gasteiger partial charge < -0.3 is 9.15 Å². The summed E-state index contributed by atoms with van der Waals surface area (Å²) in [5, 5.41) is 5.24. The number of thiazole rings is 1. The quantitative estimate of drug-likeness (QED) is 0.245. The summed E-state index contributed by atoms with van der Waals surface area (Å²) >= 11 is 13.3. The second kappa shape index (κ2) is 9.92. The van der Waals surface area contributed by atoms with Crippen molar-refractivity contribution >= 4 is 57.7 Å². The highest BCUT2D eigenvalue weighted by Crippen LogP contribution is 2.29. The standard InChI is InChI=1S/C26H17Cl2N3O3S/c1-2-13-33-18-7-3-16(4-8-18)5-12-24-29-26-31(30-24)25(32)23(35-26)15-19-9-11-22(34-19)17-6-10-20(27)21(28)14-17/h2-12,14-15H,1,13H2/b12-5+,23-15-. The zero-order valence-electron chi connectivity index (χ0n) is 18.2. The van der Waals surface area contributed by atoms with Gasteiger partial charge in [-0.05, 0) is 54.1 Å². The predicted molar refractivity (Wildman–Crippen MR) is 141 cm³/mol. The van der Waals surface area contributed by atoms with Gasteiger partial charge in [0.2, 0.25) is 4.96 Å². The number of fused-ring (bicyclic) bond motifs is 1. The zero-order valence-corrected chi connectivity index (χ0v) is 20.5. The molecule has 0 atom stereocenters. The highest BCUT2D eigenvalue weighted by molar-refractivity contribution is 7.15. The van der Waals surface area contributed by atoms with Gasteiger partial charge >= 0.3 is 0 Å². The van der Waals surface area contributed by atoms with E-state index in [4.69, 9.17) is 32.4 Å². The van der Waals surface area contributed by atoms with E-state index < -0.39 is 0 Å². The lowest BCUT2D eigenvalue weighted by Crippen LogP contribution is -2.23. The Morgan fingerprint density at radius 1 is 1.06 bits per heavy atom. The molecule has 0 fully saturated rings. The Kier molecular flexibility index (Phi) is 6.55. The fraction of sp³-hybridized carbons (Fsp3) is 0.0385. The van der Waals surface area contributed by atoms with Gasteiger partial charge in [-0.25, -0.2) is 0 Å². The largest absolute Gasteiger partial charge is 0.490 e. The first-order valence-electron chi connectivity index (χ1n) is 10.5. The topological polar surface area (TPSA) is 69.6 Å². The van der Waals surface area contributed by atoms with E-state index in [0.29, 0.717) is 43.5 Å². The Balaban J connectivity index is 1.36. The van der Waals surface area contributed by atoms with E-state index in [1.807, 2.05) is 42.5 Å². The van der Waals surface area contributed by atoms with Crippen molar-refractivity contribution in [1.29, 1.82) is 0 Å². The third-order valence-corrected chi connectivity index (χ3v) is 6.67. The van der Waals surface area contributed by atoms with E-state index in [1.165, 1.54) is 15.9 Å². The number of nitrogens with zero attached hydrogens (tertiary/aromatic N) is 3. The van der Waals surface area contributed by atoms with E-state index in [9.17, 15) is 4.79 Å². The Labute approximate surface area is 214 Å². The number of rotatable bonds is 7. The van der Waals surface area contributed by atoms with Crippen LogP contribution in [0.25, 0.3) is 34.5 Å². The molecule has 174 valence electrons. The number of halogens is 2. The Bertz CT molecular complexity index is 1670. The number of furan rings is 1. The Hall–Kier alpha value is -3.65. The molecule has 0 radical (unpaired) electrons. The number of ether oxygens (including phenoxy) is 1. The third-order valence-electron chi connectivity index (χ3n) is 4.98. The molecule has 35 heavy (non-hydrogen) atoms. The smallest absolute Gasteiger partial charge is 0.291 e. The van der Waals surface area contributed by atoms with Gasteiger partial charge in [-0.1, -0.05) is 65.4 Å². The summed E-state index contributed by atoms with van der Waals surface area (Å²) < 4.78 is 13.1. The maximum atomic E-state index is 12.8. The van der Waals surface area contributed by atoms with Crippen molar-refractivity contribution in [1.82, 2.24) is 14.6 Å². The monoisotopic (exact) mass is 521 g/mol. The molecule has 0 saturated carbocycles. The van der Waals surface area contributed by atoms with Crippen molar-refractivity contribution in [3.05, 3.63) is 109 Å². The normalized spacial score (nSPS) is 12.1. The summed E-state index contributed by atoms with van der Waals surface area (Å²) in [7, 11) is 0. The fourth-order valence-electron chi connectivity index (χ4n) is 3.28. The SMILES string of the molecule is C=CCOc1ccc(/C=C/c2nc3s/c(=C\c4ccc(-c5ccc(Cl)c(Cl)c5)o4)c(=O)n3n2)cc1. The van der Waals surface area contributed by atoms with Crippen molar-refractivity contribution in [2.45, 2.75) is 0 Å². The first-order chi connectivity index (χ1) is 17.0. The minimum Gasteiger partial charge on any atom is -0.490 e. The summed E-state index contributed by atoms with van der Waals surface area (Å²) in [5.41, 5.74) is 1.49. The molecule has 0 saturated heterocycles. The van der Waals surface area contributed by atoms with Crippen LogP contribution in [0, 0.1) is 0 Å². The van der Waals surface area contributed by atoms with Crippen molar-refractivity contribution in [2.24, 2.45) is 0 Å². The molecule has 0 spiro atoms. The molecule has 3 aromatic heterocycles. The van der Waals surface area contributed by atoms with Crippen molar-refractivity contribution in [2.75, 3.05) is 6.61 Å². The van der Waals surface area contributed by atoms with Gasteiger partial charge in [0, 0.05) is 11.6 Å². The van der Waals surface area contributed by atoms with Crippen LogP contribution < -0.4 is 14.8 Å². The van der Waals surface area contributed by atoms with Crippen molar-refractivity contribution in [3.63, 3.8) is 0 Å². The molecule has 9 heteroatoms. The molecule has 0 aliphatic rings. The van der Waals surface area contributed by atoms with Gasteiger partial charge in [-0.15, -0.1) is 5.10 Å². The highest BCUT2D eigenvalue weighted by Gasteiger charge is 2.11. The number of benzene rings is 2. The summed E-state index contributed by atoms with van der Waals surface area (Å²) in [6.45, 7) is 4.09. The van der Waals surface area contributed by atoms with Crippen LogP contribution in [0.3, 0.4) is 0 Å². The van der Waals surface area contributed by atoms with E-state index in [-0.39, 0.29) is 5.56 Å². The predicted octanol–water partition coefficient (Wildman–Crippen LogP) is 6.00. The Morgan fingerprint density at radius 2 is 1.89 bits per heavy atom. The van der Waals surface area contributed by atoms with Crippen LogP contribution in [0.15, 0.2) is 76.5 Å². The third kappa shape index (κ3) is 5.07. The summed E-state index contributed by atoms with van der Waals surface area (Å²) in [6, 6.07) is 16.5. The number of aromatic nitrogens is 3. The van der Waals surface area contributed by atoms with Gasteiger partial charge in [0.1, 0.15) is 28.4 Å². The summed E-state index contributed by atoms with van der Waals surface area (Å²) in [6.07, 6.45) is 7.01. The second-order valence-electron chi connectivity index (χ2n) is 7.41. The maximum Gasteiger partial charge on any atom is 0.291 e. The minimum absolute atomic E-state index is 0.256. The molecule has 0 aliphatic heterocycles. The van der Waals surface area contributed by atoms with Crippen LogP contribution in [0.5, 0.6) is 5.75 Å². The lowest BCUT2D eigenvalue weighted by molar-refractivity contribution is 0.363. The van der Waals surface area contributed by atoms with Gasteiger partial charge in [0.25, 0.3) is 5.56 Å². The molecule has 0 N–H and O–H groups in total. The fourth-order valence-corrected chi connectivity index (χ4v) is 4.48. The average Bonchev–Trinajstić information content (AvgIpc) is 3.56. The van der Waals surface area contributed by atoms with Gasteiger partial charge in [0.05, 0.1) is 10.0 Å². The lowest BCUT2D eigenvalue weighted by atomic mass is 10.2. The van der Waals surface area contributed by atoms with Crippen LogP contribution in [0.1, 0.15) is 17.1 Å². The number of hydrogen-bond acceptors (Lipinski definition) is 6. The maximum absolute atomic E-state index is 12.8. The van der Waals surface area contributed by atoms with E-state index in [1.54, 1.807) is 36.4 Å². The molecule has 6 nitrogen and oxygen atoms in total. The van der Waals surface area contributed by atoms with Crippen LogP contribution in [0.4, 0.5) is 0 Å². The number of hydrogen-bond donors (Lipinski definition) is 0. The molecule has 5 aromatic rings. The van der Waals surface area contributed by atoms with Gasteiger partial charge in [-0.3, -0.25) is 4.79 Å². The molecule has 0 bridgehead atoms. The highest BCUT2D eigenvalue weighted by atomic mass is 35.5. The molecule has 0 unspecified atom stereocenters.